The standard InChI is InChI=1S/C17H22N4O2Si/c1-24(2,3)9-8-22-11-23-17-13(18)10-12-4-5-14-16(15(12)21-17)20-7-6-19-14/h4-7,10H,8-9,11,18H2,1-3H3. The Labute approximate surface area is 142 Å². The Morgan fingerprint density at radius 1 is 1.08 bits per heavy atom. The van der Waals surface area contributed by atoms with E-state index < -0.39 is 8.07 Å². The molecule has 7 heteroatoms. The average molecular weight is 342 g/mol. The van der Waals surface area contributed by atoms with Crippen molar-refractivity contribution in [2.75, 3.05) is 19.1 Å². The Morgan fingerprint density at radius 2 is 1.88 bits per heavy atom. The zero-order valence-corrected chi connectivity index (χ0v) is 15.2. The van der Waals surface area contributed by atoms with Gasteiger partial charge in [-0.3, -0.25) is 9.97 Å². The van der Waals surface area contributed by atoms with Crippen LogP contribution in [0.2, 0.25) is 25.7 Å². The minimum Gasteiger partial charge on any atom is -0.449 e. The molecule has 3 aromatic rings. The number of ether oxygens (including phenoxy) is 2. The van der Waals surface area contributed by atoms with Crippen molar-refractivity contribution in [2.45, 2.75) is 25.7 Å². The maximum atomic E-state index is 6.04. The van der Waals surface area contributed by atoms with Crippen molar-refractivity contribution in [1.29, 1.82) is 0 Å². The number of pyridine rings is 1. The summed E-state index contributed by atoms with van der Waals surface area (Å²) in [5, 5.41) is 0.910. The molecule has 0 radical (unpaired) electrons. The number of aromatic nitrogens is 3. The van der Waals surface area contributed by atoms with Gasteiger partial charge in [0.05, 0.1) is 11.2 Å². The van der Waals surface area contributed by atoms with Gasteiger partial charge in [-0.1, -0.05) is 25.7 Å². The number of nitrogen functional groups attached to an aromatic ring is 1. The second-order valence-corrected chi connectivity index (χ2v) is 12.5. The largest absolute Gasteiger partial charge is 0.449 e. The Bertz CT molecular complexity index is 864. The summed E-state index contributed by atoms with van der Waals surface area (Å²) in [6.07, 6.45) is 3.31. The van der Waals surface area contributed by atoms with Crippen molar-refractivity contribution < 1.29 is 9.47 Å². The molecule has 1 aromatic carbocycles. The number of benzene rings is 1. The van der Waals surface area contributed by atoms with E-state index in [0.717, 1.165) is 28.0 Å². The lowest BCUT2D eigenvalue weighted by Crippen LogP contribution is -2.22. The van der Waals surface area contributed by atoms with E-state index in [2.05, 4.69) is 34.6 Å². The highest BCUT2D eigenvalue weighted by Crippen LogP contribution is 2.28. The van der Waals surface area contributed by atoms with Crippen LogP contribution in [-0.4, -0.2) is 36.4 Å². The first-order valence-electron chi connectivity index (χ1n) is 7.94. The summed E-state index contributed by atoms with van der Waals surface area (Å²) >= 11 is 0. The Hall–Kier alpha value is -2.25. The molecule has 0 atom stereocenters. The molecular formula is C17H22N4O2Si. The third kappa shape index (κ3) is 3.80. The van der Waals surface area contributed by atoms with Gasteiger partial charge in [-0.15, -0.1) is 0 Å². The minimum absolute atomic E-state index is 0.142. The van der Waals surface area contributed by atoms with E-state index in [1.54, 1.807) is 12.4 Å². The quantitative estimate of drug-likeness (QED) is 0.320. The van der Waals surface area contributed by atoms with E-state index in [9.17, 15) is 0 Å². The lowest BCUT2D eigenvalue weighted by molar-refractivity contribution is 0.0200. The minimum atomic E-state index is -1.10. The molecule has 6 nitrogen and oxygen atoms in total. The average Bonchev–Trinajstić information content (AvgIpc) is 2.54. The van der Waals surface area contributed by atoms with Crippen LogP contribution >= 0.6 is 0 Å². The predicted molar refractivity (Wildman–Crippen MR) is 98.9 cm³/mol. The molecule has 2 aromatic heterocycles. The second-order valence-electron chi connectivity index (χ2n) is 6.93. The zero-order chi connectivity index (χ0) is 17.2. The topological polar surface area (TPSA) is 83.2 Å². The third-order valence-electron chi connectivity index (χ3n) is 3.69. The fraction of sp³-hybridized carbons (Fsp3) is 0.353. The van der Waals surface area contributed by atoms with Crippen molar-refractivity contribution in [2.24, 2.45) is 0 Å². The Kier molecular flexibility index (Phi) is 4.63. The summed E-state index contributed by atoms with van der Waals surface area (Å²) in [6, 6.07) is 6.78. The number of hydrogen-bond acceptors (Lipinski definition) is 6. The Morgan fingerprint density at radius 3 is 2.67 bits per heavy atom. The molecule has 0 aliphatic heterocycles. The van der Waals surface area contributed by atoms with E-state index in [4.69, 9.17) is 15.2 Å². The van der Waals surface area contributed by atoms with E-state index in [1.165, 1.54) is 0 Å². The number of hydrogen-bond donors (Lipinski definition) is 1. The van der Waals surface area contributed by atoms with Crippen LogP contribution in [0.3, 0.4) is 0 Å². The van der Waals surface area contributed by atoms with Crippen LogP contribution in [0.4, 0.5) is 5.69 Å². The van der Waals surface area contributed by atoms with Crippen molar-refractivity contribution in [1.82, 2.24) is 15.0 Å². The molecule has 0 fully saturated rings. The first-order valence-corrected chi connectivity index (χ1v) is 11.7. The predicted octanol–water partition coefficient (Wildman–Crippen LogP) is 3.45. The molecule has 0 aliphatic rings. The fourth-order valence-corrected chi connectivity index (χ4v) is 3.07. The molecule has 0 amide bonds. The number of anilines is 1. The maximum absolute atomic E-state index is 6.04. The van der Waals surface area contributed by atoms with Crippen LogP contribution in [0.1, 0.15) is 0 Å². The molecular weight excluding hydrogens is 320 g/mol. The molecule has 126 valence electrons. The monoisotopic (exact) mass is 342 g/mol. The first-order chi connectivity index (χ1) is 11.4. The molecule has 2 N–H and O–H groups in total. The molecule has 24 heavy (non-hydrogen) atoms. The van der Waals surface area contributed by atoms with E-state index in [-0.39, 0.29) is 6.79 Å². The number of rotatable bonds is 6. The normalized spacial score (nSPS) is 12.0. The molecule has 0 unspecified atom stereocenters. The van der Waals surface area contributed by atoms with Crippen molar-refractivity contribution in [3.63, 3.8) is 0 Å². The van der Waals surface area contributed by atoms with Gasteiger partial charge in [-0.05, 0) is 18.2 Å². The third-order valence-corrected chi connectivity index (χ3v) is 5.40. The number of nitrogens with two attached hydrogens (primary N) is 1. The molecule has 2 heterocycles. The van der Waals surface area contributed by atoms with Crippen LogP contribution in [0.15, 0.2) is 30.6 Å². The van der Waals surface area contributed by atoms with Crippen LogP contribution in [0.25, 0.3) is 21.9 Å². The number of fused-ring (bicyclic) bond motifs is 3. The van der Waals surface area contributed by atoms with Gasteiger partial charge in [0.15, 0.2) is 6.79 Å². The molecule has 0 aliphatic carbocycles. The highest BCUT2D eigenvalue weighted by atomic mass is 28.3. The van der Waals surface area contributed by atoms with Gasteiger partial charge in [-0.2, -0.15) is 0 Å². The van der Waals surface area contributed by atoms with E-state index in [1.807, 2.05) is 18.2 Å². The summed E-state index contributed by atoms with van der Waals surface area (Å²) in [6.45, 7) is 7.77. The van der Waals surface area contributed by atoms with Crippen molar-refractivity contribution in [3.05, 3.63) is 30.6 Å². The van der Waals surface area contributed by atoms with Crippen LogP contribution in [-0.2, 0) is 4.74 Å². The summed E-state index contributed by atoms with van der Waals surface area (Å²) in [7, 11) is -1.10. The van der Waals surface area contributed by atoms with Crippen LogP contribution in [0.5, 0.6) is 5.88 Å². The summed E-state index contributed by atoms with van der Waals surface area (Å²) in [5.74, 6) is 0.369. The van der Waals surface area contributed by atoms with Gasteiger partial charge in [0.25, 0.3) is 0 Å². The summed E-state index contributed by atoms with van der Waals surface area (Å²) in [5.41, 5.74) is 8.78. The molecule has 0 bridgehead atoms. The molecule has 0 saturated heterocycles. The summed E-state index contributed by atoms with van der Waals surface area (Å²) < 4.78 is 11.2. The van der Waals surface area contributed by atoms with Crippen LogP contribution in [0, 0.1) is 0 Å². The Balaban J connectivity index is 1.78. The first kappa shape index (κ1) is 16.6. The molecule has 3 rings (SSSR count). The highest BCUT2D eigenvalue weighted by Gasteiger charge is 2.13. The van der Waals surface area contributed by atoms with Gasteiger partial charge in [0, 0.05) is 32.5 Å². The zero-order valence-electron chi connectivity index (χ0n) is 14.2. The molecule has 0 spiro atoms. The smallest absolute Gasteiger partial charge is 0.239 e. The van der Waals surface area contributed by atoms with Crippen LogP contribution < -0.4 is 10.5 Å². The van der Waals surface area contributed by atoms with E-state index >= 15 is 0 Å². The van der Waals surface area contributed by atoms with Crippen molar-refractivity contribution in [3.8, 4) is 5.88 Å². The molecule has 0 saturated carbocycles. The van der Waals surface area contributed by atoms with Crippen molar-refractivity contribution >= 4 is 35.7 Å². The van der Waals surface area contributed by atoms with Gasteiger partial charge in [-0.25, -0.2) is 4.98 Å². The van der Waals surface area contributed by atoms with Gasteiger partial charge in [0.2, 0.25) is 5.88 Å². The SMILES string of the molecule is C[Si](C)(C)CCOCOc1nc2c(ccc3nccnc32)cc1N. The van der Waals surface area contributed by atoms with Gasteiger partial charge >= 0.3 is 0 Å². The summed E-state index contributed by atoms with van der Waals surface area (Å²) in [4.78, 5) is 13.2. The lowest BCUT2D eigenvalue weighted by atomic mass is 10.1. The fourth-order valence-electron chi connectivity index (χ4n) is 2.32. The van der Waals surface area contributed by atoms with Gasteiger partial charge in [0.1, 0.15) is 11.0 Å². The number of nitrogens with zero attached hydrogens (tertiary/aromatic N) is 3. The lowest BCUT2D eigenvalue weighted by Gasteiger charge is -2.15. The van der Waals surface area contributed by atoms with Gasteiger partial charge < -0.3 is 15.2 Å². The second kappa shape index (κ2) is 6.70. The maximum Gasteiger partial charge on any atom is 0.239 e. The van der Waals surface area contributed by atoms with E-state index in [0.29, 0.717) is 18.2 Å². The highest BCUT2D eigenvalue weighted by molar-refractivity contribution is 6.76.